The molecule has 0 bridgehead atoms. The summed E-state index contributed by atoms with van der Waals surface area (Å²) in [5, 5.41) is 12.7. The van der Waals surface area contributed by atoms with Gasteiger partial charge in [0, 0.05) is 10.7 Å². The molecule has 2 N–H and O–H groups in total. The number of carbonyl (C=O) groups is 2. The number of amides is 1. The Balaban J connectivity index is 1.86. The third-order valence-corrected chi connectivity index (χ3v) is 5.53. The molecule has 1 amide bonds. The molecular formula is C16H16FNO3S. The second kappa shape index (κ2) is 5.68. The van der Waals surface area contributed by atoms with Crippen LogP contribution in [0.2, 0.25) is 0 Å². The zero-order valence-corrected chi connectivity index (χ0v) is 12.9. The van der Waals surface area contributed by atoms with E-state index in [0.29, 0.717) is 17.7 Å². The van der Waals surface area contributed by atoms with Crippen molar-refractivity contribution in [3.63, 3.8) is 0 Å². The molecule has 1 aliphatic carbocycles. The smallest absolute Gasteiger partial charge is 0.308 e. The summed E-state index contributed by atoms with van der Waals surface area (Å²) in [4.78, 5) is 24.2. The SMILES string of the molecule is Cc1c(C(=O)N[C@@H]2CCC[C@@H]2C(=O)O)sc2ccc(F)cc12. The fourth-order valence-corrected chi connectivity index (χ4v) is 4.16. The standard InChI is InChI=1S/C16H16FNO3S/c1-8-11-7-9(17)5-6-13(11)22-14(8)15(19)18-12-4-2-3-10(12)16(20)21/h5-7,10,12H,2-4H2,1H3,(H,18,19)(H,20,21)/t10-,12+/m0/s1. The van der Waals surface area contributed by atoms with Crippen LogP contribution in [0.25, 0.3) is 10.1 Å². The van der Waals surface area contributed by atoms with Gasteiger partial charge in [-0.05, 0) is 48.9 Å². The van der Waals surface area contributed by atoms with Gasteiger partial charge in [-0.1, -0.05) is 6.42 Å². The Morgan fingerprint density at radius 1 is 1.36 bits per heavy atom. The molecule has 1 saturated carbocycles. The van der Waals surface area contributed by atoms with Gasteiger partial charge < -0.3 is 10.4 Å². The Hall–Kier alpha value is -1.95. The van der Waals surface area contributed by atoms with Crippen molar-refractivity contribution in [1.29, 1.82) is 0 Å². The van der Waals surface area contributed by atoms with E-state index in [4.69, 9.17) is 0 Å². The molecule has 0 spiro atoms. The molecule has 4 nitrogen and oxygen atoms in total. The van der Waals surface area contributed by atoms with Crippen LogP contribution in [0.3, 0.4) is 0 Å². The number of thiophene rings is 1. The summed E-state index contributed by atoms with van der Waals surface area (Å²) in [5.74, 6) is -1.98. The van der Waals surface area contributed by atoms with Gasteiger partial charge >= 0.3 is 5.97 Å². The number of carboxylic acids is 1. The average molecular weight is 321 g/mol. The Morgan fingerprint density at radius 2 is 2.14 bits per heavy atom. The van der Waals surface area contributed by atoms with Crippen molar-refractivity contribution in [3.05, 3.63) is 34.5 Å². The highest BCUT2D eigenvalue weighted by Gasteiger charge is 2.34. The molecule has 6 heteroatoms. The van der Waals surface area contributed by atoms with Crippen LogP contribution in [0.5, 0.6) is 0 Å². The summed E-state index contributed by atoms with van der Waals surface area (Å²) < 4.78 is 14.2. The predicted molar refractivity (Wildman–Crippen MR) is 82.8 cm³/mol. The molecule has 2 atom stereocenters. The Bertz CT molecular complexity index is 755. The minimum atomic E-state index is -0.863. The highest BCUT2D eigenvalue weighted by atomic mass is 32.1. The van der Waals surface area contributed by atoms with Crippen LogP contribution in [0, 0.1) is 18.7 Å². The normalized spacial score (nSPS) is 21.2. The molecule has 0 radical (unpaired) electrons. The molecule has 22 heavy (non-hydrogen) atoms. The van der Waals surface area contributed by atoms with Crippen molar-refractivity contribution in [2.24, 2.45) is 5.92 Å². The molecule has 1 heterocycles. The largest absolute Gasteiger partial charge is 0.481 e. The van der Waals surface area contributed by atoms with Gasteiger partial charge in [-0.3, -0.25) is 9.59 Å². The minimum Gasteiger partial charge on any atom is -0.481 e. The third kappa shape index (κ3) is 2.59. The van der Waals surface area contributed by atoms with Crippen LogP contribution in [0.4, 0.5) is 4.39 Å². The topological polar surface area (TPSA) is 66.4 Å². The Morgan fingerprint density at radius 3 is 2.86 bits per heavy atom. The molecule has 0 unspecified atom stereocenters. The number of hydrogen-bond donors (Lipinski definition) is 2. The molecule has 3 rings (SSSR count). The zero-order valence-electron chi connectivity index (χ0n) is 12.1. The summed E-state index contributed by atoms with van der Waals surface area (Å²) in [6.45, 7) is 1.79. The number of fused-ring (bicyclic) bond motifs is 1. The molecule has 116 valence electrons. The first kappa shape index (κ1) is 15.0. The number of aryl methyl sites for hydroxylation is 1. The van der Waals surface area contributed by atoms with Crippen molar-refractivity contribution in [2.45, 2.75) is 32.2 Å². The van der Waals surface area contributed by atoms with Crippen LogP contribution in [-0.4, -0.2) is 23.0 Å². The van der Waals surface area contributed by atoms with Gasteiger partial charge in [0.2, 0.25) is 0 Å². The van der Waals surface area contributed by atoms with Crippen LogP contribution >= 0.6 is 11.3 Å². The van der Waals surface area contributed by atoms with E-state index in [1.54, 1.807) is 13.0 Å². The summed E-state index contributed by atoms with van der Waals surface area (Å²) in [6, 6.07) is 4.13. The molecule has 1 fully saturated rings. The maximum absolute atomic E-state index is 13.3. The number of benzene rings is 1. The van der Waals surface area contributed by atoms with E-state index in [-0.39, 0.29) is 17.8 Å². The highest BCUT2D eigenvalue weighted by molar-refractivity contribution is 7.21. The summed E-state index contributed by atoms with van der Waals surface area (Å²) in [6.07, 6.45) is 2.08. The lowest BCUT2D eigenvalue weighted by atomic mass is 10.0. The first-order valence-electron chi connectivity index (χ1n) is 7.19. The fourth-order valence-electron chi connectivity index (χ4n) is 3.07. The fraction of sp³-hybridized carbons (Fsp3) is 0.375. The Kier molecular flexibility index (Phi) is 3.87. The second-order valence-electron chi connectivity index (χ2n) is 5.65. The van der Waals surface area contributed by atoms with E-state index < -0.39 is 11.9 Å². The van der Waals surface area contributed by atoms with Gasteiger partial charge in [-0.2, -0.15) is 0 Å². The number of nitrogens with one attached hydrogen (secondary N) is 1. The number of carboxylic acid groups (broad SMARTS) is 1. The summed E-state index contributed by atoms with van der Waals surface area (Å²) in [7, 11) is 0. The van der Waals surface area contributed by atoms with E-state index in [1.165, 1.54) is 23.5 Å². The number of aliphatic carboxylic acids is 1. The second-order valence-corrected chi connectivity index (χ2v) is 6.70. The minimum absolute atomic E-state index is 0.266. The first-order chi connectivity index (χ1) is 10.5. The van der Waals surface area contributed by atoms with E-state index >= 15 is 0 Å². The lowest BCUT2D eigenvalue weighted by Crippen LogP contribution is -2.40. The highest BCUT2D eigenvalue weighted by Crippen LogP contribution is 2.32. The van der Waals surface area contributed by atoms with Crippen LogP contribution in [-0.2, 0) is 4.79 Å². The van der Waals surface area contributed by atoms with Crippen molar-refractivity contribution in [1.82, 2.24) is 5.32 Å². The van der Waals surface area contributed by atoms with Crippen LogP contribution in [0.1, 0.15) is 34.5 Å². The lowest BCUT2D eigenvalue weighted by Gasteiger charge is -2.17. The average Bonchev–Trinajstić information content (AvgIpc) is 3.04. The van der Waals surface area contributed by atoms with Gasteiger partial charge in [0.1, 0.15) is 5.82 Å². The number of rotatable bonds is 3. The lowest BCUT2D eigenvalue weighted by molar-refractivity contribution is -0.142. The van der Waals surface area contributed by atoms with E-state index in [2.05, 4.69) is 5.32 Å². The van der Waals surface area contributed by atoms with Gasteiger partial charge in [0.05, 0.1) is 10.8 Å². The zero-order chi connectivity index (χ0) is 15.9. The number of hydrogen-bond acceptors (Lipinski definition) is 3. The molecule has 1 aliphatic rings. The summed E-state index contributed by atoms with van der Waals surface area (Å²) >= 11 is 1.31. The monoisotopic (exact) mass is 321 g/mol. The van der Waals surface area contributed by atoms with Gasteiger partial charge in [-0.25, -0.2) is 4.39 Å². The predicted octanol–water partition coefficient (Wildman–Crippen LogP) is 3.33. The van der Waals surface area contributed by atoms with Gasteiger partial charge in [-0.15, -0.1) is 11.3 Å². The van der Waals surface area contributed by atoms with Gasteiger partial charge in [0.25, 0.3) is 5.91 Å². The van der Waals surface area contributed by atoms with E-state index in [0.717, 1.165) is 22.1 Å². The maximum atomic E-state index is 13.3. The molecule has 1 aromatic heterocycles. The third-order valence-electron chi connectivity index (χ3n) is 4.25. The Labute approximate surface area is 130 Å². The molecule has 2 aromatic rings. The molecule has 0 aliphatic heterocycles. The van der Waals surface area contributed by atoms with Gasteiger partial charge in [0.15, 0.2) is 0 Å². The first-order valence-corrected chi connectivity index (χ1v) is 8.01. The molecular weight excluding hydrogens is 305 g/mol. The van der Waals surface area contributed by atoms with Crippen LogP contribution < -0.4 is 5.32 Å². The van der Waals surface area contributed by atoms with Crippen molar-refractivity contribution < 1.29 is 19.1 Å². The van der Waals surface area contributed by atoms with Crippen molar-refractivity contribution in [2.75, 3.05) is 0 Å². The quantitative estimate of drug-likeness (QED) is 0.911. The maximum Gasteiger partial charge on any atom is 0.308 e. The van der Waals surface area contributed by atoms with Crippen molar-refractivity contribution in [3.8, 4) is 0 Å². The summed E-state index contributed by atoms with van der Waals surface area (Å²) in [5.41, 5.74) is 0.738. The number of carbonyl (C=O) groups excluding carboxylic acids is 1. The van der Waals surface area contributed by atoms with Crippen molar-refractivity contribution >= 4 is 33.3 Å². The molecule has 0 saturated heterocycles. The number of halogens is 1. The van der Waals surface area contributed by atoms with E-state index in [9.17, 15) is 19.1 Å². The molecule has 1 aromatic carbocycles. The van der Waals surface area contributed by atoms with E-state index in [1.807, 2.05) is 0 Å². The van der Waals surface area contributed by atoms with Crippen LogP contribution in [0.15, 0.2) is 18.2 Å².